The van der Waals surface area contributed by atoms with Gasteiger partial charge in [-0.1, -0.05) is 40.2 Å². The number of halogens is 1. The second kappa shape index (κ2) is 6.25. The predicted octanol–water partition coefficient (Wildman–Crippen LogP) is 3.18. The molecular formula is C19H17BrN2O4S. The van der Waals surface area contributed by atoms with Gasteiger partial charge in [-0.05, 0) is 29.8 Å². The zero-order valence-electron chi connectivity index (χ0n) is 14.7. The van der Waals surface area contributed by atoms with Crippen LogP contribution in [0.2, 0.25) is 0 Å². The number of benzene rings is 2. The van der Waals surface area contributed by atoms with Gasteiger partial charge in [-0.2, -0.15) is 0 Å². The summed E-state index contributed by atoms with van der Waals surface area (Å²) in [7, 11) is -2.10. The van der Waals surface area contributed by atoms with E-state index in [0.717, 1.165) is 16.3 Å². The number of carbonyl (C=O) groups excluding carboxylic acids is 1. The Hall–Kier alpha value is -2.03. The summed E-state index contributed by atoms with van der Waals surface area (Å²) in [6, 6.07) is 14.6. The van der Waals surface area contributed by atoms with Crippen LogP contribution < -0.4 is 4.90 Å². The van der Waals surface area contributed by atoms with E-state index in [1.165, 1.54) is 7.11 Å². The van der Waals surface area contributed by atoms with Crippen molar-refractivity contribution in [2.45, 2.75) is 18.1 Å². The highest BCUT2D eigenvalue weighted by Gasteiger charge is 2.64. The molecule has 2 aromatic carbocycles. The number of anilines is 1. The highest BCUT2D eigenvalue weighted by atomic mass is 79.9. The molecule has 2 unspecified atom stereocenters. The Balaban J connectivity index is 2.02. The Morgan fingerprint density at radius 2 is 1.85 bits per heavy atom. The minimum atomic E-state index is -3.57. The number of methoxy groups -OCH3 is 1. The number of carbonyl (C=O) groups is 1. The van der Waals surface area contributed by atoms with Gasteiger partial charge in [0, 0.05) is 24.3 Å². The molecule has 6 nitrogen and oxygen atoms in total. The standard InChI is InChI=1S/C19H17BrN2O4S/c1-26-17-18(23)22-15-6-4-3-5-14(15)21-16(27(2,24)25)11-19(17,22)12-7-9-13(20)10-8-12/h3-10,17H,11H2,1-2H3. The zero-order chi connectivity index (χ0) is 19.4. The second-order valence-corrected chi connectivity index (χ2v) is 9.59. The summed E-state index contributed by atoms with van der Waals surface area (Å²) in [6.07, 6.45) is 0.394. The molecule has 27 heavy (non-hydrogen) atoms. The molecule has 0 aliphatic carbocycles. The molecule has 2 aliphatic rings. The molecule has 1 saturated heterocycles. The number of β-lactam (4-membered cyclic amide) rings is 1. The minimum absolute atomic E-state index is 0.0370. The van der Waals surface area contributed by atoms with Crippen LogP contribution in [0.25, 0.3) is 0 Å². The maximum Gasteiger partial charge on any atom is 0.259 e. The second-order valence-electron chi connectivity index (χ2n) is 6.66. The summed E-state index contributed by atoms with van der Waals surface area (Å²) in [4.78, 5) is 19.0. The SMILES string of the molecule is COC1C(=O)N2c3ccccc3N=C(S(C)(=O)=O)CC12c1ccc(Br)cc1. The van der Waals surface area contributed by atoms with Gasteiger partial charge in [0.25, 0.3) is 5.91 Å². The summed E-state index contributed by atoms with van der Waals surface area (Å²) in [5.41, 5.74) is 0.864. The smallest absolute Gasteiger partial charge is 0.259 e. The number of rotatable bonds is 2. The van der Waals surface area contributed by atoms with E-state index in [2.05, 4.69) is 20.9 Å². The van der Waals surface area contributed by atoms with Crippen molar-refractivity contribution < 1.29 is 17.9 Å². The third-order valence-corrected chi connectivity index (χ3v) is 6.69. The fourth-order valence-corrected chi connectivity index (χ4v) is 4.87. The van der Waals surface area contributed by atoms with Crippen LogP contribution in [-0.4, -0.2) is 38.8 Å². The molecule has 0 bridgehead atoms. The van der Waals surface area contributed by atoms with Crippen LogP contribution in [0.5, 0.6) is 0 Å². The number of sulfone groups is 1. The van der Waals surface area contributed by atoms with Crippen molar-refractivity contribution in [1.82, 2.24) is 0 Å². The van der Waals surface area contributed by atoms with Gasteiger partial charge in [0.05, 0.1) is 11.4 Å². The van der Waals surface area contributed by atoms with Crippen LogP contribution in [0.1, 0.15) is 12.0 Å². The molecule has 2 atom stereocenters. The molecule has 2 aromatic rings. The number of aliphatic imine (C=N–C) groups is 1. The molecule has 8 heteroatoms. The van der Waals surface area contributed by atoms with Gasteiger partial charge in [0.15, 0.2) is 15.9 Å². The van der Waals surface area contributed by atoms with Crippen molar-refractivity contribution in [3.05, 3.63) is 58.6 Å². The van der Waals surface area contributed by atoms with Gasteiger partial charge in [-0.25, -0.2) is 13.4 Å². The van der Waals surface area contributed by atoms with E-state index in [4.69, 9.17) is 4.74 Å². The predicted molar refractivity (Wildman–Crippen MR) is 107 cm³/mol. The fraction of sp³-hybridized carbons (Fsp3) is 0.263. The average Bonchev–Trinajstić information content (AvgIpc) is 2.75. The van der Waals surface area contributed by atoms with Crippen molar-refractivity contribution in [2.24, 2.45) is 4.99 Å². The molecule has 1 amide bonds. The molecule has 140 valence electrons. The lowest BCUT2D eigenvalue weighted by molar-refractivity contribution is -0.147. The summed E-state index contributed by atoms with van der Waals surface area (Å²) < 4.78 is 31.3. The average molecular weight is 449 g/mol. The normalized spacial score (nSPS) is 24.4. The highest BCUT2D eigenvalue weighted by molar-refractivity contribution is 9.10. The first-order chi connectivity index (χ1) is 12.8. The Morgan fingerprint density at radius 1 is 1.19 bits per heavy atom. The van der Waals surface area contributed by atoms with E-state index in [1.54, 1.807) is 29.2 Å². The van der Waals surface area contributed by atoms with Gasteiger partial charge < -0.3 is 4.74 Å². The van der Waals surface area contributed by atoms with Gasteiger partial charge in [0.1, 0.15) is 10.6 Å². The Bertz CT molecular complexity index is 1070. The van der Waals surface area contributed by atoms with Crippen molar-refractivity contribution in [3.63, 3.8) is 0 Å². The monoisotopic (exact) mass is 448 g/mol. The summed E-state index contributed by atoms with van der Waals surface area (Å²) >= 11 is 3.42. The molecule has 0 radical (unpaired) electrons. The van der Waals surface area contributed by atoms with Gasteiger partial charge in [-0.3, -0.25) is 9.69 Å². The summed E-state index contributed by atoms with van der Waals surface area (Å²) in [6.45, 7) is 0. The largest absolute Gasteiger partial charge is 0.369 e. The maximum atomic E-state index is 12.9. The molecule has 0 N–H and O–H groups in total. The lowest BCUT2D eigenvalue weighted by Crippen LogP contribution is -2.73. The first-order valence-corrected chi connectivity index (χ1v) is 11.0. The number of hydrogen-bond acceptors (Lipinski definition) is 5. The molecular weight excluding hydrogens is 432 g/mol. The molecule has 0 saturated carbocycles. The molecule has 0 spiro atoms. The third kappa shape index (κ3) is 2.66. The zero-order valence-corrected chi connectivity index (χ0v) is 17.1. The number of ether oxygens (including phenoxy) is 1. The lowest BCUT2D eigenvalue weighted by atomic mass is 9.72. The molecule has 2 aliphatic heterocycles. The molecule has 1 fully saturated rings. The molecule has 0 aromatic heterocycles. The third-order valence-electron chi connectivity index (χ3n) is 5.07. The van der Waals surface area contributed by atoms with Gasteiger partial charge >= 0.3 is 0 Å². The Morgan fingerprint density at radius 3 is 2.48 bits per heavy atom. The van der Waals surface area contributed by atoms with Crippen molar-refractivity contribution >= 4 is 48.1 Å². The number of nitrogens with zero attached hydrogens (tertiary/aromatic N) is 2. The molecule has 4 rings (SSSR count). The van der Waals surface area contributed by atoms with Crippen LogP contribution >= 0.6 is 15.9 Å². The number of fused-ring (bicyclic) bond motifs is 3. The summed E-state index contributed by atoms with van der Waals surface area (Å²) in [5, 5.41) is 0.0370. The Kier molecular flexibility index (Phi) is 4.25. The van der Waals surface area contributed by atoms with Crippen molar-refractivity contribution in [2.75, 3.05) is 18.3 Å². The first kappa shape index (κ1) is 18.3. The quantitative estimate of drug-likeness (QED) is 0.660. The number of hydrogen-bond donors (Lipinski definition) is 0. The summed E-state index contributed by atoms with van der Waals surface area (Å²) in [5.74, 6) is -0.210. The topological polar surface area (TPSA) is 76.0 Å². The highest BCUT2D eigenvalue weighted by Crippen LogP contribution is 2.53. The maximum absolute atomic E-state index is 12.9. The van der Waals surface area contributed by atoms with E-state index in [-0.39, 0.29) is 17.4 Å². The minimum Gasteiger partial charge on any atom is -0.369 e. The van der Waals surface area contributed by atoms with Crippen LogP contribution in [0.4, 0.5) is 11.4 Å². The fourth-order valence-electron chi connectivity index (χ4n) is 3.86. The van der Waals surface area contributed by atoms with Gasteiger partial charge in [0.2, 0.25) is 0 Å². The van der Waals surface area contributed by atoms with E-state index in [9.17, 15) is 13.2 Å². The van der Waals surface area contributed by atoms with Crippen LogP contribution in [0.3, 0.4) is 0 Å². The van der Waals surface area contributed by atoms with E-state index in [1.807, 2.05) is 24.3 Å². The van der Waals surface area contributed by atoms with E-state index in [0.29, 0.717) is 11.4 Å². The van der Waals surface area contributed by atoms with Gasteiger partial charge in [-0.15, -0.1) is 0 Å². The Labute approximate surface area is 165 Å². The van der Waals surface area contributed by atoms with Crippen molar-refractivity contribution in [1.29, 1.82) is 0 Å². The van der Waals surface area contributed by atoms with E-state index >= 15 is 0 Å². The number of amides is 1. The lowest BCUT2D eigenvalue weighted by Gasteiger charge is -2.56. The molecule has 2 heterocycles. The van der Waals surface area contributed by atoms with Crippen LogP contribution in [0, 0.1) is 0 Å². The first-order valence-electron chi connectivity index (χ1n) is 8.28. The van der Waals surface area contributed by atoms with Crippen molar-refractivity contribution in [3.8, 4) is 0 Å². The number of para-hydroxylation sites is 2. The van der Waals surface area contributed by atoms with E-state index < -0.39 is 21.5 Å². The van der Waals surface area contributed by atoms with Crippen LogP contribution in [-0.2, 0) is 24.9 Å². The van der Waals surface area contributed by atoms with Crippen LogP contribution in [0.15, 0.2) is 58.0 Å².